The maximum atomic E-state index is 9.85. The molecule has 1 aromatic carbocycles. The van der Waals surface area contributed by atoms with Crippen molar-refractivity contribution >= 4 is 0 Å². The van der Waals surface area contributed by atoms with E-state index in [1.807, 2.05) is 6.07 Å². The second kappa shape index (κ2) is 5.00. The second-order valence-electron chi connectivity index (χ2n) is 5.70. The number of nitrogens with one attached hydrogen (secondary N) is 1. The standard InChI is InChI=1S/C15H22N2O/c18-12-15(11-17-8-6-14(15)7-9-17)16-10-13-4-2-1-3-5-13/h1-5,14,16,18H,6-12H2. The van der Waals surface area contributed by atoms with Crippen LogP contribution in [0.5, 0.6) is 0 Å². The highest BCUT2D eigenvalue weighted by Gasteiger charge is 2.45. The number of rotatable bonds is 4. The van der Waals surface area contributed by atoms with Gasteiger partial charge in [-0.15, -0.1) is 0 Å². The molecular weight excluding hydrogens is 224 g/mol. The lowest BCUT2D eigenvalue weighted by Crippen LogP contribution is -2.67. The van der Waals surface area contributed by atoms with Crippen LogP contribution in [0.2, 0.25) is 0 Å². The molecule has 0 aromatic heterocycles. The van der Waals surface area contributed by atoms with Crippen LogP contribution in [0, 0.1) is 5.92 Å². The molecule has 3 aliphatic heterocycles. The lowest BCUT2D eigenvalue weighted by atomic mass is 9.73. The maximum absolute atomic E-state index is 9.85. The summed E-state index contributed by atoms with van der Waals surface area (Å²) in [7, 11) is 0. The van der Waals surface area contributed by atoms with Crippen molar-refractivity contribution in [3.63, 3.8) is 0 Å². The fourth-order valence-corrected chi connectivity index (χ4v) is 3.48. The molecule has 3 saturated heterocycles. The quantitative estimate of drug-likeness (QED) is 0.839. The van der Waals surface area contributed by atoms with Crippen molar-refractivity contribution in [1.82, 2.24) is 10.2 Å². The molecule has 3 heterocycles. The minimum absolute atomic E-state index is 0.0770. The molecule has 3 heteroatoms. The second-order valence-corrected chi connectivity index (χ2v) is 5.70. The van der Waals surface area contributed by atoms with Gasteiger partial charge in [-0.3, -0.25) is 0 Å². The number of aliphatic hydroxyl groups is 1. The molecule has 3 nitrogen and oxygen atoms in total. The van der Waals surface area contributed by atoms with Gasteiger partial charge in [0.1, 0.15) is 0 Å². The van der Waals surface area contributed by atoms with E-state index in [0.717, 1.165) is 13.1 Å². The maximum Gasteiger partial charge on any atom is 0.0628 e. The molecule has 4 rings (SSSR count). The Bertz CT molecular complexity index is 387. The summed E-state index contributed by atoms with van der Waals surface area (Å²) >= 11 is 0. The topological polar surface area (TPSA) is 35.5 Å². The van der Waals surface area contributed by atoms with Gasteiger partial charge in [-0.05, 0) is 37.4 Å². The first kappa shape index (κ1) is 12.2. The first-order valence-electron chi connectivity index (χ1n) is 6.94. The fraction of sp³-hybridized carbons (Fsp3) is 0.600. The molecular formula is C15H22N2O. The molecule has 0 saturated carbocycles. The summed E-state index contributed by atoms with van der Waals surface area (Å²) in [4.78, 5) is 2.48. The highest BCUT2D eigenvalue weighted by Crippen LogP contribution is 2.35. The van der Waals surface area contributed by atoms with E-state index < -0.39 is 0 Å². The van der Waals surface area contributed by atoms with E-state index in [2.05, 4.69) is 34.5 Å². The highest BCUT2D eigenvalue weighted by atomic mass is 16.3. The van der Waals surface area contributed by atoms with E-state index >= 15 is 0 Å². The zero-order chi connectivity index (χ0) is 12.4. The van der Waals surface area contributed by atoms with Crippen LogP contribution in [0.4, 0.5) is 0 Å². The van der Waals surface area contributed by atoms with Gasteiger partial charge in [0.05, 0.1) is 12.1 Å². The predicted octanol–water partition coefficient (Wildman–Crippen LogP) is 1.23. The van der Waals surface area contributed by atoms with Crippen LogP contribution in [0.1, 0.15) is 18.4 Å². The van der Waals surface area contributed by atoms with Crippen LogP contribution in [0.15, 0.2) is 30.3 Å². The molecule has 1 unspecified atom stereocenters. The molecule has 98 valence electrons. The number of nitrogens with zero attached hydrogens (tertiary/aromatic N) is 1. The minimum atomic E-state index is -0.0770. The molecule has 18 heavy (non-hydrogen) atoms. The molecule has 0 amide bonds. The van der Waals surface area contributed by atoms with Crippen molar-refractivity contribution in [2.45, 2.75) is 24.9 Å². The Morgan fingerprint density at radius 1 is 1.22 bits per heavy atom. The van der Waals surface area contributed by atoms with Gasteiger partial charge in [-0.25, -0.2) is 0 Å². The van der Waals surface area contributed by atoms with E-state index in [4.69, 9.17) is 0 Å². The Hall–Kier alpha value is -0.900. The number of aliphatic hydroxyl groups excluding tert-OH is 1. The Morgan fingerprint density at radius 3 is 2.50 bits per heavy atom. The average Bonchev–Trinajstić information content (AvgIpc) is 2.47. The summed E-state index contributed by atoms with van der Waals surface area (Å²) < 4.78 is 0. The number of hydrogen-bond donors (Lipinski definition) is 2. The average molecular weight is 246 g/mol. The molecule has 2 bridgehead atoms. The zero-order valence-corrected chi connectivity index (χ0v) is 10.8. The van der Waals surface area contributed by atoms with Crippen LogP contribution < -0.4 is 5.32 Å². The number of benzene rings is 1. The van der Waals surface area contributed by atoms with Crippen LogP contribution in [0.3, 0.4) is 0 Å². The van der Waals surface area contributed by atoms with Crippen molar-refractivity contribution in [1.29, 1.82) is 0 Å². The van der Waals surface area contributed by atoms with E-state index in [0.29, 0.717) is 5.92 Å². The van der Waals surface area contributed by atoms with Gasteiger partial charge in [-0.2, -0.15) is 0 Å². The summed E-state index contributed by atoms with van der Waals surface area (Å²) in [5.74, 6) is 0.635. The van der Waals surface area contributed by atoms with Gasteiger partial charge in [-0.1, -0.05) is 30.3 Å². The molecule has 0 spiro atoms. The van der Waals surface area contributed by atoms with Gasteiger partial charge in [0.25, 0.3) is 0 Å². The third kappa shape index (κ3) is 2.18. The summed E-state index contributed by atoms with van der Waals surface area (Å²) in [5.41, 5.74) is 1.22. The lowest BCUT2D eigenvalue weighted by Gasteiger charge is -2.53. The third-order valence-electron chi connectivity index (χ3n) is 4.64. The highest BCUT2D eigenvalue weighted by molar-refractivity contribution is 5.15. The van der Waals surface area contributed by atoms with Crippen LogP contribution in [0.25, 0.3) is 0 Å². The van der Waals surface area contributed by atoms with E-state index in [-0.39, 0.29) is 12.1 Å². The monoisotopic (exact) mass is 246 g/mol. The van der Waals surface area contributed by atoms with Crippen molar-refractivity contribution in [3.05, 3.63) is 35.9 Å². The van der Waals surface area contributed by atoms with Crippen LogP contribution in [-0.2, 0) is 6.54 Å². The first-order valence-corrected chi connectivity index (χ1v) is 6.94. The molecule has 3 fully saturated rings. The number of hydrogen-bond acceptors (Lipinski definition) is 3. The number of piperidine rings is 3. The first-order chi connectivity index (χ1) is 8.82. The summed E-state index contributed by atoms with van der Waals surface area (Å²) in [6.45, 7) is 4.52. The zero-order valence-electron chi connectivity index (χ0n) is 10.8. The molecule has 1 aromatic rings. The van der Waals surface area contributed by atoms with E-state index in [9.17, 15) is 5.11 Å². The van der Waals surface area contributed by atoms with Gasteiger partial charge in [0.2, 0.25) is 0 Å². The SMILES string of the molecule is OCC1(NCc2ccccc2)CN2CCC1CC2. The Labute approximate surface area is 109 Å². The Morgan fingerprint density at radius 2 is 1.94 bits per heavy atom. The molecule has 0 radical (unpaired) electrons. The van der Waals surface area contributed by atoms with Gasteiger partial charge < -0.3 is 15.3 Å². The third-order valence-corrected chi connectivity index (χ3v) is 4.64. The van der Waals surface area contributed by atoms with Crippen molar-refractivity contribution in [3.8, 4) is 0 Å². The van der Waals surface area contributed by atoms with Crippen LogP contribution in [-0.4, -0.2) is 41.8 Å². The van der Waals surface area contributed by atoms with Crippen molar-refractivity contribution < 1.29 is 5.11 Å². The van der Waals surface area contributed by atoms with Gasteiger partial charge in [0.15, 0.2) is 0 Å². The summed E-state index contributed by atoms with van der Waals surface area (Å²) in [6.07, 6.45) is 2.45. The normalized spacial score (nSPS) is 34.7. The Kier molecular flexibility index (Phi) is 3.37. The summed E-state index contributed by atoms with van der Waals surface area (Å²) in [6, 6.07) is 10.5. The largest absolute Gasteiger partial charge is 0.394 e. The number of fused-ring (bicyclic) bond motifs is 3. The summed E-state index contributed by atoms with van der Waals surface area (Å²) in [5, 5.41) is 13.5. The van der Waals surface area contributed by atoms with Gasteiger partial charge in [0, 0.05) is 13.1 Å². The van der Waals surface area contributed by atoms with Crippen molar-refractivity contribution in [2.24, 2.45) is 5.92 Å². The van der Waals surface area contributed by atoms with Gasteiger partial charge >= 0.3 is 0 Å². The Balaban J connectivity index is 1.69. The van der Waals surface area contributed by atoms with E-state index in [1.54, 1.807) is 0 Å². The van der Waals surface area contributed by atoms with Crippen molar-refractivity contribution in [2.75, 3.05) is 26.2 Å². The van der Waals surface area contributed by atoms with E-state index in [1.165, 1.54) is 31.5 Å². The smallest absolute Gasteiger partial charge is 0.0628 e. The fourth-order valence-electron chi connectivity index (χ4n) is 3.48. The molecule has 3 aliphatic rings. The molecule has 0 aliphatic carbocycles. The minimum Gasteiger partial charge on any atom is -0.394 e. The molecule has 1 atom stereocenters. The van der Waals surface area contributed by atoms with Crippen LogP contribution >= 0.6 is 0 Å². The predicted molar refractivity (Wildman–Crippen MR) is 72.3 cm³/mol. The molecule has 2 N–H and O–H groups in total. The lowest BCUT2D eigenvalue weighted by molar-refractivity contribution is -0.0262.